The first-order valence-corrected chi connectivity index (χ1v) is 15.0. The van der Waals surface area contributed by atoms with E-state index in [-0.39, 0.29) is 25.4 Å². The minimum Gasteiger partial charge on any atom is -0.465 e. The van der Waals surface area contributed by atoms with Crippen molar-refractivity contribution in [3.63, 3.8) is 0 Å². The Bertz CT molecular complexity index is 1230. The van der Waals surface area contributed by atoms with Crippen LogP contribution in [-0.4, -0.2) is 92.8 Å². The first kappa shape index (κ1) is 34.3. The zero-order chi connectivity index (χ0) is 32.7. The maximum absolute atomic E-state index is 17.3. The lowest BCUT2D eigenvalue weighted by Crippen LogP contribution is -2.69. The number of carbonyl (C=O) groups is 4. The standard InChI is InChI=1S/C30H43FN2O11/c1-17-12-21-20-7-6-18-13-19(34)8-9-27(18,2)29(20,31)23(35)15-28(21,3)30(17,39)24(36)16-43-25(37)14-22(32)26(38)42-10-4-5-11-44-33(40)41/h8-9,13,17,20-23,35,39-41H,4-7,10-12,14-16,32H2,1-3H3/t17-,20+,21+,22?,23+,27+,28+,29+,30+/m1/s1. The summed E-state index contributed by atoms with van der Waals surface area (Å²) in [5.74, 6) is -4.64. The average Bonchev–Trinajstić information content (AvgIpc) is 3.15. The fourth-order valence-corrected chi connectivity index (χ4v) is 8.35. The second-order valence-corrected chi connectivity index (χ2v) is 13.0. The van der Waals surface area contributed by atoms with E-state index in [2.05, 4.69) is 4.84 Å². The van der Waals surface area contributed by atoms with Crippen LogP contribution in [0.15, 0.2) is 23.8 Å². The number of alkyl halides is 1. The van der Waals surface area contributed by atoms with Crippen molar-refractivity contribution in [2.24, 2.45) is 34.3 Å². The van der Waals surface area contributed by atoms with E-state index < -0.39 is 88.1 Å². The van der Waals surface area contributed by atoms with Gasteiger partial charge < -0.3 is 25.4 Å². The van der Waals surface area contributed by atoms with Crippen molar-refractivity contribution in [1.82, 2.24) is 5.39 Å². The molecule has 3 saturated carbocycles. The molecule has 0 aromatic heterocycles. The summed E-state index contributed by atoms with van der Waals surface area (Å²) in [6, 6.07) is -1.36. The predicted molar refractivity (Wildman–Crippen MR) is 148 cm³/mol. The Morgan fingerprint density at radius 3 is 2.52 bits per heavy atom. The molecule has 1 unspecified atom stereocenters. The van der Waals surface area contributed by atoms with Gasteiger partial charge in [0.05, 0.1) is 31.1 Å². The topological polar surface area (TPSA) is 206 Å². The van der Waals surface area contributed by atoms with Gasteiger partial charge in [0.1, 0.15) is 11.6 Å². The summed E-state index contributed by atoms with van der Waals surface area (Å²) in [5.41, 5.74) is -0.195. The minimum absolute atomic E-state index is 0.0346. The van der Waals surface area contributed by atoms with Crippen molar-refractivity contribution < 1.29 is 58.5 Å². The number of rotatable bonds is 12. The quantitative estimate of drug-likeness (QED) is 0.118. The van der Waals surface area contributed by atoms with E-state index in [1.54, 1.807) is 20.8 Å². The lowest BCUT2D eigenvalue weighted by atomic mass is 9.44. The Morgan fingerprint density at radius 2 is 1.84 bits per heavy atom. The average molecular weight is 627 g/mol. The molecule has 0 radical (unpaired) electrons. The smallest absolute Gasteiger partial charge is 0.323 e. The Morgan fingerprint density at radius 1 is 1.16 bits per heavy atom. The van der Waals surface area contributed by atoms with Gasteiger partial charge >= 0.3 is 11.9 Å². The summed E-state index contributed by atoms with van der Waals surface area (Å²) < 4.78 is 27.4. The van der Waals surface area contributed by atoms with Gasteiger partial charge in [-0.2, -0.15) is 0 Å². The van der Waals surface area contributed by atoms with Crippen LogP contribution in [0.25, 0.3) is 0 Å². The number of hydrogen-bond donors (Lipinski definition) is 5. The van der Waals surface area contributed by atoms with Gasteiger partial charge in [-0.3, -0.25) is 34.4 Å². The normalized spacial score (nSPS) is 38.3. The van der Waals surface area contributed by atoms with Crippen LogP contribution in [0.2, 0.25) is 0 Å². The van der Waals surface area contributed by atoms with E-state index in [9.17, 15) is 29.4 Å². The fourth-order valence-electron chi connectivity index (χ4n) is 8.35. The van der Waals surface area contributed by atoms with Crippen molar-refractivity contribution >= 4 is 23.5 Å². The van der Waals surface area contributed by atoms with Crippen molar-refractivity contribution in [2.45, 2.75) is 89.1 Å². The van der Waals surface area contributed by atoms with E-state index in [0.717, 1.165) is 0 Å². The van der Waals surface area contributed by atoms with Gasteiger partial charge in [0.25, 0.3) is 0 Å². The van der Waals surface area contributed by atoms with Gasteiger partial charge in [0.2, 0.25) is 5.78 Å². The minimum atomic E-state index is -2.11. The van der Waals surface area contributed by atoms with E-state index in [1.807, 2.05) is 0 Å². The molecule has 13 nitrogen and oxygen atoms in total. The molecule has 246 valence electrons. The second kappa shape index (κ2) is 12.7. The molecule has 0 saturated heterocycles. The number of ether oxygens (including phenoxy) is 2. The summed E-state index contributed by atoms with van der Waals surface area (Å²) in [7, 11) is 0. The summed E-state index contributed by atoms with van der Waals surface area (Å²) in [6.45, 7) is 4.17. The van der Waals surface area contributed by atoms with E-state index in [4.69, 9.17) is 25.6 Å². The van der Waals surface area contributed by atoms with Gasteiger partial charge in [0, 0.05) is 16.7 Å². The third-order valence-electron chi connectivity index (χ3n) is 10.7. The van der Waals surface area contributed by atoms with Gasteiger partial charge in [-0.25, -0.2) is 4.39 Å². The van der Waals surface area contributed by atoms with Crippen LogP contribution in [0.4, 0.5) is 4.39 Å². The van der Waals surface area contributed by atoms with Gasteiger partial charge in [-0.05, 0) is 69.4 Å². The molecule has 4 rings (SSSR count). The predicted octanol–water partition coefficient (Wildman–Crippen LogP) is 1.50. The highest BCUT2D eigenvalue weighted by Crippen LogP contribution is 2.70. The maximum Gasteiger partial charge on any atom is 0.323 e. The Hall–Kier alpha value is -2.59. The van der Waals surface area contributed by atoms with E-state index >= 15 is 4.39 Å². The SMILES string of the molecule is C[C@@H]1C[C@H]2[C@@H]3CCC4=CC(=O)C=C[C@]4(C)[C@@]3(F)[C@@H](O)C[C@]2(C)[C@@]1(O)C(=O)COC(=O)CC(N)C(=O)OCCCCON(O)O. The number of nitrogens with zero attached hydrogens (tertiary/aromatic N) is 1. The highest BCUT2D eigenvalue weighted by atomic mass is 19.1. The lowest BCUT2D eigenvalue weighted by molar-refractivity contribution is -0.492. The summed E-state index contributed by atoms with van der Waals surface area (Å²) in [5, 5.41) is 39.9. The van der Waals surface area contributed by atoms with Crippen LogP contribution >= 0.6 is 0 Å². The summed E-state index contributed by atoms with van der Waals surface area (Å²) in [4.78, 5) is 54.5. The molecule has 4 aliphatic carbocycles. The van der Waals surface area contributed by atoms with Crippen LogP contribution in [0.3, 0.4) is 0 Å². The number of hydrogen-bond acceptors (Lipinski definition) is 13. The number of allylic oxidation sites excluding steroid dienone is 4. The van der Waals surface area contributed by atoms with Crippen LogP contribution in [0, 0.1) is 28.6 Å². The molecule has 0 amide bonds. The Balaban J connectivity index is 1.38. The first-order valence-electron chi connectivity index (χ1n) is 15.0. The van der Waals surface area contributed by atoms with E-state index in [0.29, 0.717) is 37.7 Å². The summed E-state index contributed by atoms with van der Waals surface area (Å²) in [6.07, 6.45) is 3.75. The van der Waals surface area contributed by atoms with Crippen molar-refractivity contribution in [3.05, 3.63) is 23.8 Å². The third-order valence-corrected chi connectivity index (χ3v) is 10.7. The molecular formula is C30H43FN2O11. The molecule has 0 aliphatic heterocycles. The number of carbonyl (C=O) groups excluding carboxylic acids is 4. The molecule has 0 aromatic rings. The van der Waals surface area contributed by atoms with Crippen LogP contribution in [-0.2, 0) is 33.5 Å². The number of unbranched alkanes of at least 4 members (excludes halogenated alkanes) is 1. The van der Waals surface area contributed by atoms with Gasteiger partial charge in [-0.15, -0.1) is 0 Å². The molecule has 6 N–H and O–H groups in total. The van der Waals surface area contributed by atoms with Gasteiger partial charge in [0.15, 0.2) is 18.1 Å². The van der Waals surface area contributed by atoms with Crippen LogP contribution in [0.5, 0.6) is 0 Å². The molecule has 14 heteroatoms. The Labute approximate surface area is 254 Å². The molecule has 0 aromatic carbocycles. The number of ketones is 2. The van der Waals surface area contributed by atoms with Crippen molar-refractivity contribution in [1.29, 1.82) is 0 Å². The highest BCUT2D eigenvalue weighted by Gasteiger charge is 2.75. The maximum atomic E-state index is 17.3. The number of Topliss-reactive ketones (excluding diaryl/α,β-unsaturated/α-hetero) is 1. The van der Waals surface area contributed by atoms with E-state index in [1.165, 1.54) is 18.2 Å². The Kier molecular flexibility index (Phi) is 9.87. The molecule has 4 aliphatic rings. The number of halogens is 1. The second-order valence-electron chi connectivity index (χ2n) is 13.0. The largest absolute Gasteiger partial charge is 0.465 e. The summed E-state index contributed by atoms with van der Waals surface area (Å²) >= 11 is 0. The zero-order valence-corrected chi connectivity index (χ0v) is 25.2. The lowest BCUT2D eigenvalue weighted by Gasteiger charge is -2.62. The number of aliphatic hydroxyl groups excluding tert-OH is 1. The fraction of sp³-hybridized carbons (Fsp3) is 0.733. The zero-order valence-electron chi connectivity index (χ0n) is 25.2. The number of esters is 2. The van der Waals surface area contributed by atoms with Gasteiger partial charge in [-0.1, -0.05) is 25.5 Å². The monoisotopic (exact) mass is 626 g/mol. The highest BCUT2D eigenvalue weighted by molar-refractivity contribution is 6.01. The van der Waals surface area contributed by atoms with Crippen molar-refractivity contribution in [2.75, 3.05) is 19.8 Å². The molecule has 0 bridgehead atoms. The van der Waals surface area contributed by atoms with Crippen LogP contribution in [0.1, 0.15) is 65.7 Å². The number of fused-ring (bicyclic) bond motifs is 5. The molecule has 0 heterocycles. The molecule has 44 heavy (non-hydrogen) atoms. The molecule has 0 spiro atoms. The first-order chi connectivity index (χ1) is 20.5. The number of aliphatic hydroxyl groups is 2. The van der Waals surface area contributed by atoms with Crippen molar-refractivity contribution in [3.8, 4) is 0 Å². The number of nitrogens with two attached hydrogens (primary N) is 1. The van der Waals surface area contributed by atoms with Crippen LogP contribution < -0.4 is 5.73 Å². The molecule has 9 atom stereocenters. The third kappa shape index (κ3) is 5.65. The molecule has 3 fully saturated rings. The molecular weight excluding hydrogens is 583 g/mol.